The van der Waals surface area contributed by atoms with Crippen LogP contribution in [0.4, 0.5) is 0 Å². The van der Waals surface area contributed by atoms with Gasteiger partial charge in [-0.2, -0.15) is 0 Å². The summed E-state index contributed by atoms with van der Waals surface area (Å²) in [4.78, 5) is 0. The zero-order valence-electron chi connectivity index (χ0n) is 19.4. The van der Waals surface area contributed by atoms with Crippen LogP contribution in [0.3, 0.4) is 0 Å². The van der Waals surface area contributed by atoms with Crippen molar-refractivity contribution in [3.05, 3.63) is 65.7 Å². The molecule has 32 heavy (non-hydrogen) atoms. The van der Waals surface area contributed by atoms with Gasteiger partial charge in [-0.1, -0.05) is 50.2 Å². The number of hydrogen-bond acceptors (Lipinski definition) is 4. The molecule has 1 fully saturated rings. The number of furan rings is 1. The van der Waals surface area contributed by atoms with Gasteiger partial charge in [-0.05, 0) is 51.4 Å². The first-order valence-electron chi connectivity index (χ1n) is 11.2. The van der Waals surface area contributed by atoms with Crippen molar-refractivity contribution in [2.75, 3.05) is 0 Å². The fourth-order valence-corrected chi connectivity index (χ4v) is 4.86. The second kappa shape index (κ2) is 6.18. The largest absolute Gasteiger partial charge is 0.494 e. The minimum absolute atomic E-state index is 0.268. The van der Waals surface area contributed by atoms with E-state index in [-0.39, 0.29) is 16.6 Å². The van der Waals surface area contributed by atoms with E-state index in [1.807, 2.05) is 30.3 Å². The summed E-state index contributed by atoms with van der Waals surface area (Å²) in [6.07, 6.45) is 0. The van der Waals surface area contributed by atoms with E-state index < -0.39 is 7.12 Å². The lowest BCUT2D eigenvalue weighted by Crippen LogP contribution is -2.41. The maximum absolute atomic E-state index is 6.48. The molecule has 162 valence electrons. The first-order chi connectivity index (χ1) is 15.1. The molecule has 1 aromatic heterocycles. The standard InChI is InChI=1S/C27H27BO4/c1-25(2)19-13-12-18-17-9-7-8-10-21(17)29-23(18)24(19)30-22-14-11-16(15-20(22)25)28-31-26(3,4)27(5,6)32-28/h7-15H,1-6H3. The summed E-state index contributed by atoms with van der Waals surface area (Å²) in [5.41, 5.74) is 3.90. The third-order valence-corrected chi connectivity index (χ3v) is 7.59. The Morgan fingerprint density at radius 2 is 1.44 bits per heavy atom. The van der Waals surface area contributed by atoms with Crippen molar-refractivity contribution in [1.29, 1.82) is 0 Å². The van der Waals surface area contributed by atoms with Crippen LogP contribution in [0.2, 0.25) is 0 Å². The fourth-order valence-electron chi connectivity index (χ4n) is 4.86. The number of fused-ring (bicyclic) bond motifs is 6. The highest BCUT2D eigenvalue weighted by molar-refractivity contribution is 6.62. The van der Waals surface area contributed by atoms with Gasteiger partial charge < -0.3 is 18.5 Å². The highest BCUT2D eigenvalue weighted by Gasteiger charge is 2.52. The Bertz CT molecular complexity index is 1380. The van der Waals surface area contributed by atoms with E-state index in [2.05, 4.69) is 65.8 Å². The maximum Gasteiger partial charge on any atom is 0.494 e. The molecule has 4 aromatic rings. The lowest BCUT2D eigenvalue weighted by molar-refractivity contribution is 0.00578. The third-order valence-electron chi connectivity index (χ3n) is 7.59. The lowest BCUT2D eigenvalue weighted by Gasteiger charge is -2.34. The van der Waals surface area contributed by atoms with Gasteiger partial charge >= 0.3 is 7.12 Å². The molecule has 3 aromatic carbocycles. The summed E-state index contributed by atoms with van der Waals surface area (Å²) in [6.45, 7) is 12.8. The van der Waals surface area contributed by atoms with E-state index >= 15 is 0 Å². The molecule has 0 saturated carbocycles. The molecule has 0 aliphatic carbocycles. The third kappa shape index (κ3) is 2.58. The minimum atomic E-state index is -0.402. The van der Waals surface area contributed by atoms with Crippen LogP contribution in [0, 0.1) is 0 Å². The van der Waals surface area contributed by atoms with Gasteiger partial charge in [-0.3, -0.25) is 0 Å². The molecule has 0 atom stereocenters. The SMILES string of the molecule is CC1(C)c2cc(B3OC(C)(C)C(C)(C)O3)ccc2Oc2c1ccc1c2oc2ccccc21. The first kappa shape index (κ1) is 19.9. The summed E-state index contributed by atoms with van der Waals surface area (Å²) >= 11 is 0. The summed E-state index contributed by atoms with van der Waals surface area (Å²) < 4.78 is 25.3. The average molecular weight is 426 g/mol. The number of hydrogen-bond donors (Lipinski definition) is 0. The van der Waals surface area contributed by atoms with E-state index in [9.17, 15) is 0 Å². The highest BCUT2D eigenvalue weighted by Crippen LogP contribution is 2.51. The predicted molar refractivity (Wildman–Crippen MR) is 128 cm³/mol. The van der Waals surface area contributed by atoms with Crippen LogP contribution >= 0.6 is 0 Å². The number of benzene rings is 3. The molecule has 0 bridgehead atoms. The van der Waals surface area contributed by atoms with Crippen LogP contribution in [-0.2, 0) is 14.7 Å². The van der Waals surface area contributed by atoms with E-state index in [1.54, 1.807) is 0 Å². The second-order valence-electron chi connectivity index (χ2n) is 10.5. The van der Waals surface area contributed by atoms with E-state index in [0.717, 1.165) is 50.0 Å². The highest BCUT2D eigenvalue weighted by atomic mass is 16.7. The monoisotopic (exact) mass is 426 g/mol. The molecule has 2 aliphatic heterocycles. The topological polar surface area (TPSA) is 40.8 Å². The molecule has 4 nitrogen and oxygen atoms in total. The minimum Gasteiger partial charge on any atom is -0.453 e. The van der Waals surface area contributed by atoms with Crippen LogP contribution in [0.1, 0.15) is 52.7 Å². The Kier molecular flexibility index (Phi) is 3.84. The van der Waals surface area contributed by atoms with Crippen LogP contribution < -0.4 is 10.2 Å². The molecule has 5 heteroatoms. The van der Waals surface area contributed by atoms with Crippen molar-refractivity contribution in [3.63, 3.8) is 0 Å². The van der Waals surface area contributed by atoms with Gasteiger partial charge in [0.1, 0.15) is 11.3 Å². The van der Waals surface area contributed by atoms with Gasteiger partial charge in [-0.15, -0.1) is 0 Å². The number of para-hydroxylation sites is 1. The summed E-state index contributed by atoms with van der Waals surface area (Å²) in [7, 11) is -0.402. The molecule has 6 rings (SSSR count). The average Bonchev–Trinajstić information content (AvgIpc) is 3.22. The fraction of sp³-hybridized carbons (Fsp3) is 0.333. The second-order valence-corrected chi connectivity index (χ2v) is 10.5. The molecule has 2 aliphatic rings. The molecule has 0 radical (unpaired) electrons. The maximum atomic E-state index is 6.48. The van der Waals surface area contributed by atoms with Crippen LogP contribution in [0.5, 0.6) is 11.5 Å². The predicted octanol–water partition coefficient (Wildman–Crippen LogP) is 6.32. The summed E-state index contributed by atoms with van der Waals surface area (Å²) in [6, 6.07) is 18.7. The Balaban J connectivity index is 1.47. The molecule has 0 amide bonds. The van der Waals surface area contributed by atoms with Crippen molar-refractivity contribution >= 4 is 34.5 Å². The van der Waals surface area contributed by atoms with Gasteiger partial charge in [0.25, 0.3) is 0 Å². The number of ether oxygens (including phenoxy) is 1. The van der Waals surface area contributed by atoms with E-state index in [0.29, 0.717) is 0 Å². The summed E-state index contributed by atoms with van der Waals surface area (Å²) in [5.74, 6) is 1.65. The Morgan fingerprint density at radius 3 is 2.19 bits per heavy atom. The zero-order chi connectivity index (χ0) is 22.5. The van der Waals surface area contributed by atoms with Gasteiger partial charge in [-0.25, -0.2) is 0 Å². The smallest absolute Gasteiger partial charge is 0.453 e. The van der Waals surface area contributed by atoms with Crippen molar-refractivity contribution < 1.29 is 18.5 Å². The Morgan fingerprint density at radius 1 is 0.719 bits per heavy atom. The van der Waals surface area contributed by atoms with Crippen molar-refractivity contribution in [2.24, 2.45) is 0 Å². The van der Waals surface area contributed by atoms with Crippen LogP contribution in [-0.4, -0.2) is 18.3 Å². The van der Waals surface area contributed by atoms with E-state index in [4.69, 9.17) is 18.5 Å². The van der Waals surface area contributed by atoms with Crippen LogP contribution in [0.25, 0.3) is 21.9 Å². The quantitative estimate of drug-likeness (QED) is 0.334. The molecule has 0 N–H and O–H groups in total. The lowest BCUT2D eigenvalue weighted by atomic mass is 9.71. The van der Waals surface area contributed by atoms with Crippen LogP contribution in [0.15, 0.2) is 59.0 Å². The molecule has 3 heterocycles. The molecule has 0 unspecified atom stereocenters. The molecule has 0 spiro atoms. The normalized spacial score (nSPS) is 20.2. The molecular formula is C27H27BO4. The Labute approximate surface area is 188 Å². The zero-order valence-corrected chi connectivity index (χ0v) is 19.4. The molecule has 1 saturated heterocycles. The van der Waals surface area contributed by atoms with Crippen molar-refractivity contribution in [2.45, 2.75) is 58.2 Å². The van der Waals surface area contributed by atoms with Gasteiger partial charge in [0.05, 0.1) is 11.2 Å². The molecular weight excluding hydrogens is 399 g/mol. The van der Waals surface area contributed by atoms with E-state index in [1.165, 1.54) is 0 Å². The van der Waals surface area contributed by atoms with Crippen molar-refractivity contribution in [1.82, 2.24) is 0 Å². The van der Waals surface area contributed by atoms with Crippen molar-refractivity contribution in [3.8, 4) is 11.5 Å². The number of rotatable bonds is 1. The summed E-state index contributed by atoms with van der Waals surface area (Å²) in [5, 5.41) is 2.18. The van der Waals surface area contributed by atoms with Gasteiger partial charge in [0.2, 0.25) is 0 Å². The first-order valence-corrected chi connectivity index (χ1v) is 11.2. The van der Waals surface area contributed by atoms with Gasteiger partial charge in [0, 0.05) is 27.3 Å². The van der Waals surface area contributed by atoms with Gasteiger partial charge in [0.15, 0.2) is 11.3 Å². The Hall–Kier alpha value is -2.76.